The molecule has 0 aromatic rings. The van der Waals surface area contributed by atoms with Crippen molar-refractivity contribution in [2.75, 3.05) is 0 Å². The number of carbonyl (C=O) groups is 1. The summed E-state index contributed by atoms with van der Waals surface area (Å²) in [5.74, 6) is 0.794. The van der Waals surface area contributed by atoms with Crippen molar-refractivity contribution < 1.29 is 4.79 Å². The van der Waals surface area contributed by atoms with E-state index in [1.54, 1.807) is 6.92 Å². The molecule has 3 heteroatoms. The summed E-state index contributed by atoms with van der Waals surface area (Å²) >= 11 is 5.66. The zero-order chi connectivity index (χ0) is 9.84. The van der Waals surface area contributed by atoms with Crippen molar-refractivity contribution in [1.29, 1.82) is 0 Å². The van der Waals surface area contributed by atoms with Crippen molar-refractivity contribution in [3.05, 3.63) is 0 Å². The average Bonchev–Trinajstić information content (AvgIpc) is 2.08. The molecule has 1 amide bonds. The Morgan fingerprint density at radius 2 is 1.92 bits per heavy atom. The number of hydrogen-bond donors (Lipinski definition) is 1. The first-order valence-corrected chi connectivity index (χ1v) is 5.47. The van der Waals surface area contributed by atoms with Crippen molar-refractivity contribution in [1.82, 2.24) is 5.32 Å². The van der Waals surface area contributed by atoms with E-state index in [2.05, 4.69) is 12.2 Å². The van der Waals surface area contributed by atoms with Gasteiger partial charge in [-0.25, -0.2) is 0 Å². The van der Waals surface area contributed by atoms with Gasteiger partial charge in [0.05, 0.1) is 0 Å². The molecule has 1 N–H and O–H groups in total. The summed E-state index contributed by atoms with van der Waals surface area (Å²) in [4.78, 5) is 11.2. The summed E-state index contributed by atoms with van der Waals surface area (Å²) in [5.41, 5.74) is 0. The van der Waals surface area contributed by atoms with Crippen LogP contribution in [-0.4, -0.2) is 17.3 Å². The highest BCUT2D eigenvalue weighted by Crippen LogP contribution is 2.23. The Labute approximate surface area is 85.0 Å². The van der Waals surface area contributed by atoms with Crippen LogP contribution in [-0.2, 0) is 4.79 Å². The summed E-state index contributed by atoms with van der Waals surface area (Å²) in [7, 11) is 0. The number of alkyl halides is 1. The van der Waals surface area contributed by atoms with Gasteiger partial charge in [0, 0.05) is 6.04 Å². The van der Waals surface area contributed by atoms with Gasteiger partial charge in [-0.15, -0.1) is 11.6 Å². The number of amides is 1. The molecule has 0 heterocycles. The molecular formula is C10H18ClNO. The molecule has 0 aliphatic heterocycles. The summed E-state index contributed by atoms with van der Waals surface area (Å²) in [5, 5.41) is 2.56. The van der Waals surface area contributed by atoms with Gasteiger partial charge in [0.15, 0.2) is 0 Å². The van der Waals surface area contributed by atoms with E-state index in [4.69, 9.17) is 11.6 Å². The molecular weight excluding hydrogens is 186 g/mol. The van der Waals surface area contributed by atoms with E-state index in [0.29, 0.717) is 6.04 Å². The standard InChI is InChI=1S/C10H18ClNO/c1-7-3-5-9(6-4-7)12-10(13)8(2)11/h7-9H,3-6H2,1-2H3,(H,12,13)/t7?,8-,9?/m1/s1. The molecule has 1 aliphatic carbocycles. The van der Waals surface area contributed by atoms with Gasteiger partial charge in [-0.05, 0) is 38.5 Å². The molecule has 0 radical (unpaired) electrons. The van der Waals surface area contributed by atoms with E-state index >= 15 is 0 Å². The third kappa shape index (κ3) is 3.55. The second-order valence-corrected chi connectivity index (χ2v) is 4.74. The highest BCUT2D eigenvalue weighted by molar-refractivity contribution is 6.30. The van der Waals surface area contributed by atoms with Crippen molar-refractivity contribution in [3.8, 4) is 0 Å². The molecule has 76 valence electrons. The van der Waals surface area contributed by atoms with E-state index in [9.17, 15) is 4.79 Å². The van der Waals surface area contributed by atoms with Crippen LogP contribution >= 0.6 is 11.6 Å². The fourth-order valence-corrected chi connectivity index (χ4v) is 1.78. The van der Waals surface area contributed by atoms with E-state index in [1.807, 2.05) is 0 Å². The molecule has 13 heavy (non-hydrogen) atoms. The smallest absolute Gasteiger partial charge is 0.237 e. The predicted octanol–water partition coefficient (Wildman–Crippen LogP) is 2.31. The lowest BCUT2D eigenvalue weighted by atomic mass is 9.87. The lowest BCUT2D eigenvalue weighted by molar-refractivity contribution is -0.121. The normalized spacial score (nSPS) is 31.0. The lowest BCUT2D eigenvalue weighted by Crippen LogP contribution is -2.40. The van der Waals surface area contributed by atoms with Gasteiger partial charge in [-0.3, -0.25) is 4.79 Å². The molecule has 0 bridgehead atoms. The van der Waals surface area contributed by atoms with Crippen LogP contribution in [0.4, 0.5) is 0 Å². The van der Waals surface area contributed by atoms with Gasteiger partial charge in [0.25, 0.3) is 0 Å². The van der Waals surface area contributed by atoms with Gasteiger partial charge < -0.3 is 5.32 Å². The number of carbonyl (C=O) groups excluding carboxylic acids is 1. The summed E-state index contributed by atoms with van der Waals surface area (Å²) < 4.78 is 0. The Morgan fingerprint density at radius 1 is 1.38 bits per heavy atom. The highest BCUT2D eigenvalue weighted by Gasteiger charge is 2.20. The third-order valence-electron chi connectivity index (χ3n) is 2.72. The quantitative estimate of drug-likeness (QED) is 0.686. The maximum atomic E-state index is 11.2. The summed E-state index contributed by atoms with van der Waals surface area (Å²) in [6.07, 6.45) is 4.66. The molecule has 0 spiro atoms. The minimum Gasteiger partial charge on any atom is -0.352 e. The van der Waals surface area contributed by atoms with Crippen LogP contribution in [0.2, 0.25) is 0 Å². The molecule has 0 saturated heterocycles. The van der Waals surface area contributed by atoms with Crippen molar-refractivity contribution in [3.63, 3.8) is 0 Å². The van der Waals surface area contributed by atoms with Gasteiger partial charge in [0.2, 0.25) is 5.91 Å². The number of nitrogens with one attached hydrogen (secondary N) is 1. The number of rotatable bonds is 2. The second-order valence-electron chi connectivity index (χ2n) is 4.08. The van der Waals surface area contributed by atoms with Crippen LogP contribution in [0.5, 0.6) is 0 Å². The molecule has 1 fully saturated rings. The van der Waals surface area contributed by atoms with Gasteiger partial charge >= 0.3 is 0 Å². The Kier molecular flexibility index (Phi) is 4.04. The first kappa shape index (κ1) is 10.8. The largest absolute Gasteiger partial charge is 0.352 e. The second kappa shape index (κ2) is 4.85. The van der Waals surface area contributed by atoms with Gasteiger partial charge in [-0.2, -0.15) is 0 Å². The van der Waals surface area contributed by atoms with Crippen LogP contribution in [0.25, 0.3) is 0 Å². The third-order valence-corrected chi connectivity index (χ3v) is 2.92. The van der Waals surface area contributed by atoms with Crippen molar-refractivity contribution in [2.45, 2.75) is 50.9 Å². The van der Waals surface area contributed by atoms with Crippen LogP contribution in [0.15, 0.2) is 0 Å². The van der Waals surface area contributed by atoms with E-state index in [-0.39, 0.29) is 5.91 Å². The van der Waals surface area contributed by atoms with Crippen molar-refractivity contribution in [2.24, 2.45) is 5.92 Å². The molecule has 1 rings (SSSR count). The van der Waals surface area contributed by atoms with Crippen LogP contribution < -0.4 is 5.32 Å². The predicted molar refractivity (Wildman–Crippen MR) is 54.9 cm³/mol. The summed E-state index contributed by atoms with van der Waals surface area (Å²) in [6, 6.07) is 0.366. The maximum absolute atomic E-state index is 11.2. The molecule has 1 saturated carbocycles. The zero-order valence-corrected chi connectivity index (χ0v) is 9.10. The molecule has 0 unspecified atom stereocenters. The Bertz CT molecular complexity index is 174. The Hall–Kier alpha value is -0.240. The van der Waals surface area contributed by atoms with Gasteiger partial charge in [0.1, 0.15) is 5.38 Å². The fraction of sp³-hybridized carbons (Fsp3) is 0.900. The van der Waals surface area contributed by atoms with Crippen LogP contribution in [0, 0.1) is 5.92 Å². The highest BCUT2D eigenvalue weighted by atomic mass is 35.5. The fourth-order valence-electron chi connectivity index (χ4n) is 1.72. The van der Waals surface area contributed by atoms with E-state index < -0.39 is 5.38 Å². The van der Waals surface area contributed by atoms with Crippen LogP contribution in [0.3, 0.4) is 0 Å². The average molecular weight is 204 g/mol. The number of halogens is 1. The molecule has 1 aliphatic rings. The topological polar surface area (TPSA) is 29.1 Å². The first-order chi connectivity index (χ1) is 6.09. The zero-order valence-electron chi connectivity index (χ0n) is 8.35. The molecule has 1 atom stereocenters. The monoisotopic (exact) mass is 203 g/mol. The lowest BCUT2D eigenvalue weighted by Gasteiger charge is -2.27. The van der Waals surface area contributed by atoms with E-state index in [1.165, 1.54) is 12.8 Å². The molecule has 2 nitrogen and oxygen atoms in total. The SMILES string of the molecule is CC1CCC(NC(=O)[C@@H](C)Cl)CC1. The van der Waals surface area contributed by atoms with Crippen LogP contribution in [0.1, 0.15) is 39.5 Å². The first-order valence-electron chi connectivity index (χ1n) is 5.04. The van der Waals surface area contributed by atoms with Gasteiger partial charge in [-0.1, -0.05) is 6.92 Å². The van der Waals surface area contributed by atoms with E-state index in [0.717, 1.165) is 18.8 Å². The minimum absolute atomic E-state index is 0.0266. The number of hydrogen-bond acceptors (Lipinski definition) is 1. The Balaban J connectivity index is 2.26. The molecule has 0 aromatic heterocycles. The maximum Gasteiger partial charge on any atom is 0.237 e. The molecule has 0 aromatic carbocycles. The van der Waals surface area contributed by atoms with Crippen molar-refractivity contribution >= 4 is 17.5 Å². The summed E-state index contributed by atoms with van der Waals surface area (Å²) in [6.45, 7) is 3.98. The Morgan fingerprint density at radius 3 is 2.38 bits per heavy atom. The minimum atomic E-state index is -0.403.